The number of anilines is 1. The summed E-state index contributed by atoms with van der Waals surface area (Å²) in [5.41, 5.74) is 1.29. The highest BCUT2D eigenvalue weighted by Crippen LogP contribution is 2.11. The number of pyridine rings is 1. The van der Waals surface area contributed by atoms with E-state index in [2.05, 4.69) is 24.1 Å². The molecule has 0 radical (unpaired) electrons. The van der Waals surface area contributed by atoms with Crippen LogP contribution in [-0.4, -0.2) is 42.7 Å². The van der Waals surface area contributed by atoms with Gasteiger partial charge in [0, 0.05) is 26.0 Å². The predicted octanol–water partition coefficient (Wildman–Crippen LogP) is 1.28. The van der Waals surface area contributed by atoms with Gasteiger partial charge in [0.2, 0.25) is 0 Å². The van der Waals surface area contributed by atoms with E-state index >= 15 is 0 Å². The third-order valence-electron chi connectivity index (χ3n) is 2.80. The van der Waals surface area contributed by atoms with Gasteiger partial charge in [-0.15, -0.1) is 0 Å². The first-order chi connectivity index (χ1) is 8.93. The first kappa shape index (κ1) is 15.4. The number of rotatable bonds is 6. The molecule has 5 nitrogen and oxygen atoms in total. The number of aromatic nitrogens is 1. The van der Waals surface area contributed by atoms with E-state index in [9.17, 15) is 9.90 Å². The van der Waals surface area contributed by atoms with Crippen LogP contribution in [0.15, 0.2) is 18.3 Å². The van der Waals surface area contributed by atoms with Gasteiger partial charge in [-0.2, -0.15) is 0 Å². The molecule has 0 bridgehead atoms. The third kappa shape index (κ3) is 4.87. The molecule has 5 heteroatoms. The Labute approximate surface area is 114 Å². The largest absolute Gasteiger partial charge is 0.394 e. The molecule has 0 fully saturated rings. The van der Waals surface area contributed by atoms with Crippen molar-refractivity contribution < 1.29 is 9.90 Å². The number of amides is 1. The minimum atomic E-state index is -0.247. The molecule has 0 saturated carbocycles. The second kappa shape index (κ2) is 7.09. The molecule has 0 aliphatic heterocycles. The maximum absolute atomic E-state index is 12.1. The standard InChI is InChI=1S/C14H23N3O2/c1-10(2)7-11(9-18)16-14(19)13-8-12(17(3)4)5-6-15-13/h5-6,8,10-11,18H,7,9H2,1-4H3,(H,16,19)/t11-/m0/s1. The van der Waals surface area contributed by atoms with Crippen molar-refractivity contribution in [1.82, 2.24) is 10.3 Å². The van der Waals surface area contributed by atoms with E-state index in [0.717, 1.165) is 12.1 Å². The number of hydrogen-bond donors (Lipinski definition) is 2. The van der Waals surface area contributed by atoms with Crippen LogP contribution in [0.2, 0.25) is 0 Å². The van der Waals surface area contributed by atoms with Crippen molar-refractivity contribution in [2.45, 2.75) is 26.3 Å². The molecule has 0 spiro atoms. The van der Waals surface area contributed by atoms with E-state index < -0.39 is 0 Å². The molecule has 0 aliphatic rings. The Bertz CT molecular complexity index is 419. The number of carbonyl (C=O) groups excluding carboxylic acids is 1. The molecule has 0 aromatic carbocycles. The fraction of sp³-hybridized carbons (Fsp3) is 0.571. The molecule has 1 heterocycles. The molecule has 1 amide bonds. The molecule has 0 unspecified atom stereocenters. The van der Waals surface area contributed by atoms with Gasteiger partial charge < -0.3 is 15.3 Å². The predicted molar refractivity (Wildman–Crippen MR) is 76.4 cm³/mol. The van der Waals surface area contributed by atoms with Crippen LogP contribution in [0.3, 0.4) is 0 Å². The van der Waals surface area contributed by atoms with Gasteiger partial charge in [0.25, 0.3) is 5.91 Å². The van der Waals surface area contributed by atoms with Gasteiger partial charge in [-0.1, -0.05) is 13.8 Å². The van der Waals surface area contributed by atoms with Crippen LogP contribution in [-0.2, 0) is 0 Å². The minimum Gasteiger partial charge on any atom is -0.394 e. The van der Waals surface area contributed by atoms with Crippen LogP contribution < -0.4 is 10.2 Å². The number of aliphatic hydroxyl groups excluding tert-OH is 1. The molecule has 0 saturated heterocycles. The summed E-state index contributed by atoms with van der Waals surface area (Å²) < 4.78 is 0. The van der Waals surface area contributed by atoms with Gasteiger partial charge in [-0.05, 0) is 24.5 Å². The highest BCUT2D eigenvalue weighted by Gasteiger charge is 2.15. The zero-order valence-corrected chi connectivity index (χ0v) is 12.1. The molecule has 19 heavy (non-hydrogen) atoms. The lowest BCUT2D eigenvalue weighted by Crippen LogP contribution is -2.38. The van der Waals surface area contributed by atoms with Crippen LogP contribution in [0, 0.1) is 5.92 Å². The fourth-order valence-corrected chi connectivity index (χ4v) is 1.83. The summed E-state index contributed by atoms with van der Waals surface area (Å²) in [6.07, 6.45) is 2.36. The molecule has 1 aromatic heterocycles. The molecular formula is C14H23N3O2. The molecule has 106 valence electrons. The van der Waals surface area contributed by atoms with Crippen molar-refractivity contribution in [2.24, 2.45) is 5.92 Å². The van der Waals surface area contributed by atoms with Crippen LogP contribution in [0.25, 0.3) is 0 Å². The summed E-state index contributed by atoms with van der Waals surface area (Å²) in [6.45, 7) is 4.05. The van der Waals surface area contributed by atoms with Gasteiger partial charge in [-0.3, -0.25) is 9.78 Å². The van der Waals surface area contributed by atoms with Crippen molar-refractivity contribution >= 4 is 11.6 Å². The minimum absolute atomic E-state index is 0.0582. The first-order valence-electron chi connectivity index (χ1n) is 6.49. The highest BCUT2D eigenvalue weighted by atomic mass is 16.3. The quantitative estimate of drug-likeness (QED) is 0.813. The number of nitrogens with one attached hydrogen (secondary N) is 1. The summed E-state index contributed by atoms with van der Waals surface area (Å²) >= 11 is 0. The van der Waals surface area contributed by atoms with Crippen LogP contribution in [0.1, 0.15) is 30.8 Å². The lowest BCUT2D eigenvalue weighted by Gasteiger charge is -2.18. The second-order valence-electron chi connectivity index (χ2n) is 5.28. The summed E-state index contributed by atoms with van der Waals surface area (Å²) in [5, 5.41) is 12.1. The van der Waals surface area contributed by atoms with E-state index in [-0.39, 0.29) is 18.6 Å². The van der Waals surface area contributed by atoms with E-state index in [1.54, 1.807) is 12.3 Å². The Morgan fingerprint density at radius 1 is 1.47 bits per heavy atom. The van der Waals surface area contributed by atoms with Crippen molar-refractivity contribution in [1.29, 1.82) is 0 Å². The van der Waals surface area contributed by atoms with Crippen molar-refractivity contribution in [3.63, 3.8) is 0 Å². The molecular weight excluding hydrogens is 242 g/mol. The smallest absolute Gasteiger partial charge is 0.270 e. The summed E-state index contributed by atoms with van der Waals surface area (Å²) in [6, 6.07) is 3.35. The maximum Gasteiger partial charge on any atom is 0.270 e. The molecule has 2 N–H and O–H groups in total. The first-order valence-corrected chi connectivity index (χ1v) is 6.49. The normalized spacial score (nSPS) is 12.3. The lowest BCUT2D eigenvalue weighted by molar-refractivity contribution is 0.0903. The van der Waals surface area contributed by atoms with Gasteiger partial charge >= 0.3 is 0 Å². The van der Waals surface area contributed by atoms with Crippen LogP contribution >= 0.6 is 0 Å². The Kier molecular flexibility index (Phi) is 5.76. The Balaban J connectivity index is 2.74. The van der Waals surface area contributed by atoms with Gasteiger partial charge in [-0.25, -0.2) is 0 Å². The highest BCUT2D eigenvalue weighted by molar-refractivity contribution is 5.93. The maximum atomic E-state index is 12.1. The number of carbonyl (C=O) groups is 1. The zero-order chi connectivity index (χ0) is 14.4. The van der Waals surface area contributed by atoms with Gasteiger partial charge in [0.05, 0.1) is 12.6 Å². The Hall–Kier alpha value is -1.62. The second-order valence-corrected chi connectivity index (χ2v) is 5.28. The van der Waals surface area contributed by atoms with E-state index in [1.807, 2.05) is 25.1 Å². The average molecular weight is 265 g/mol. The van der Waals surface area contributed by atoms with Crippen molar-refractivity contribution in [3.05, 3.63) is 24.0 Å². The van der Waals surface area contributed by atoms with E-state index in [4.69, 9.17) is 0 Å². The number of aliphatic hydroxyl groups is 1. The molecule has 1 atom stereocenters. The van der Waals surface area contributed by atoms with E-state index in [1.165, 1.54) is 0 Å². The molecule has 0 aliphatic carbocycles. The van der Waals surface area contributed by atoms with Gasteiger partial charge in [0.1, 0.15) is 5.69 Å². The topological polar surface area (TPSA) is 65.5 Å². The number of hydrogen-bond acceptors (Lipinski definition) is 4. The molecule has 1 rings (SSSR count). The lowest BCUT2D eigenvalue weighted by atomic mass is 10.0. The van der Waals surface area contributed by atoms with Crippen LogP contribution in [0.4, 0.5) is 5.69 Å². The zero-order valence-electron chi connectivity index (χ0n) is 12.1. The van der Waals surface area contributed by atoms with Crippen molar-refractivity contribution in [2.75, 3.05) is 25.6 Å². The summed E-state index contributed by atoms with van der Waals surface area (Å²) in [4.78, 5) is 18.0. The number of nitrogens with zero attached hydrogens (tertiary/aromatic N) is 2. The Morgan fingerprint density at radius 2 is 2.16 bits per heavy atom. The van der Waals surface area contributed by atoms with Crippen molar-refractivity contribution in [3.8, 4) is 0 Å². The SMILES string of the molecule is CC(C)C[C@@H](CO)NC(=O)c1cc(N(C)C)ccn1. The molecule has 1 aromatic rings. The van der Waals surface area contributed by atoms with Crippen LogP contribution in [0.5, 0.6) is 0 Å². The monoisotopic (exact) mass is 265 g/mol. The van der Waals surface area contributed by atoms with E-state index in [0.29, 0.717) is 11.6 Å². The Morgan fingerprint density at radius 3 is 2.68 bits per heavy atom. The fourth-order valence-electron chi connectivity index (χ4n) is 1.83. The summed E-state index contributed by atoms with van der Waals surface area (Å²) in [5.74, 6) is 0.168. The summed E-state index contributed by atoms with van der Waals surface area (Å²) in [7, 11) is 3.82. The average Bonchev–Trinajstić information content (AvgIpc) is 2.37. The third-order valence-corrected chi connectivity index (χ3v) is 2.80. The van der Waals surface area contributed by atoms with Gasteiger partial charge in [0.15, 0.2) is 0 Å².